The van der Waals surface area contributed by atoms with Crippen LogP contribution in [-0.2, 0) is 4.79 Å². The van der Waals surface area contributed by atoms with E-state index >= 15 is 0 Å². The molecule has 104 valence electrons. The molecule has 0 aromatic carbocycles. The van der Waals surface area contributed by atoms with Gasteiger partial charge in [0.1, 0.15) is 5.78 Å². The number of rotatable bonds is 0. The van der Waals surface area contributed by atoms with Crippen molar-refractivity contribution in [3.8, 4) is 0 Å². The number of carbonyl (C=O) groups excluding carboxylic acids is 1. The van der Waals surface area contributed by atoms with Crippen LogP contribution in [0.5, 0.6) is 0 Å². The molecule has 2 saturated heterocycles. The Morgan fingerprint density at radius 1 is 0.778 bits per heavy atom. The summed E-state index contributed by atoms with van der Waals surface area (Å²) < 4.78 is 0. The molecule has 2 aliphatic heterocycles. The Morgan fingerprint density at radius 3 is 1.72 bits per heavy atom. The Kier molecular flexibility index (Phi) is 2.95. The van der Waals surface area contributed by atoms with Crippen molar-refractivity contribution in [2.45, 2.75) is 89.4 Å². The average molecular weight is 252 g/mol. The summed E-state index contributed by atoms with van der Waals surface area (Å²) in [5, 5.41) is 7.48. The molecule has 0 radical (unpaired) electrons. The standard InChI is InChI=1S/C15H28N2O/c1-12(2)7-11(18)8-15(17-12)9-13(3,4)16-14(5,6)10-15/h16-17H,7-10H2,1-6H3. The van der Waals surface area contributed by atoms with E-state index in [-0.39, 0.29) is 22.2 Å². The monoisotopic (exact) mass is 252 g/mol. The summed E-state index contributed by atoms with van der Waals surface area (Å²) in [6.07, 6.45) is 3.37. The highest BCUT2D eigenvalue weighted by Crippen LogP contribution is 2.42. The molecule has 0 aromatic rings. The van der Waals surface area contributed by atoms with Gasteiger partial charge in [-0.15, -0.1) is 0 Å². The summed E-state index contributed by atoms with van der Waals surface area (Å²) >= 11 is 0. The Hall–Kier alpha value is -0.410. The molecule has 0 saturated carbocycles. The van der Waals surface area contributed by atoms with Gasteiger partial charge in [0.25, 0.3) is 0 Å². The lowest BCUT2D eigenvalue weighted by molar-refractivity contribution is -0.126. The molecule has 2 N–H and O–H groups in total. The molecule has 0 aromatic heterocycles. The normalized spacial score (nSPS) is 32.4. The lowest BCUT2D eigenvalue weighted by Crippen LogP contribution is -2.72. The van der Waals surface area contributed by atoms with Crippen molar-refractivity contribution in [2.24, 2.45) is 0 Å². The van der Waals surface area contributed by atoms with Gasteiger partial charge in [0.2, 0.25) is 0 Å². The molecule has 0 amide bonds. The predicted octanol–water partition coefficient (Wildman–Crippen LogP) is 2.40. The van der Waals surface area contributed by atoms with E-state index in [2.05, 4.69) is 52.2 Å². The molecule has 2 fully saturated rings. The van der Waals surface area contributed by atoms with Crippen LogP contribution in [-0.4, -0.2) is 27.9 Å². The fourth-order valence-corrected chi connectivity index (χ4v) is 4.71. The van der Waals surface area contributed by atoms with Crippen LogP contribution in [0.3, 0.4) is 0 Å². The van der Waals surface area contributed by atoms with Gasteiger partial charge < -0.3 is 10.6 Å². The fourth-order valence-electron chi connectivity index (χ4n) is 4.71. The third kappa shape index (κ3) is 2.94. The minimum absolute atomic E-state index is 0.0307. The summed E-state index contributed by atoms with van der Waals surface area (Å²) in [5.41, 5.74) is 0.0425. The fraction of sp³-hybridized carbons (Fsp3) is 0.933. The van der Waals surface area contributed by atoms with Crippen LogP contribution in [0.4, 0.5) is 0 Å². The summed E-state index contributed by atoms with van der Waals surface area (Å²) in [5.74, 6) is 0.409. The van der Waals surface area contributed by atoms with Gasteiger partial charge in [-0.2, -0.15) is 0 Å². The van der Waals surface area contributed by atoms with Crippen LogP contribution >= 0.6 is 0 Å². The quantitative estimate of drug-likeness (QED) is 0.695. The first-order valence-electron chi connectivity index (χ1n) is 7.03. The largest absolute Gasteiger partial charge is 0.307 e. The maximum atomic E-state index is 12.1. The highest BCUT2D eigenvalue weighted by atomic mass is 16.1. The number of ketones is 1. The van der Waals surface area contributed by atoms with Crippen LogP contribution in [0.2, 0.25) is 0 Å². The zero-order valence-corrected chi connectivity index (χ0v) is 12.7. The van der Waals surface area contributed by atoms with Gasteiger partial charge in [-0.1, -0.05) is 0 Å². The van der Waals surface area contributed by atoms with Gasteiger partial charge in [0.05, 0.1) is 0 Å². The maximum Gasteiger partial charge on any atom is 0.136 e. The molecule has 1 spiro atoms. The van der Waals surface area contributed by atoms with Crippen molar-refractivity contribution in [1.29, 1.82) is 0 Å². The maximum absolute atomic E-state index is 12.1. The van der Waals surface area contributed by atoms with E-state index in [9.17, 15) is 4.79 Å². The smallest absolute Gasteiger partial charge is 0.136 e. The predicted molar refractivity (Wildman–Crippen MR) is 74.7 cm³/mol. The second-order valence-electron chi connectivity index (χ2n) is 8.43. The van der Waals surface area contributed by atoms with Gasteiger partial charge >= 0.3 is 0 Å². The number of hydrogen-bond acceptors (Lipinski definition) is 3. The molecule has 0 aliphatic carbocycles. The second-order valence-corrected chi connectivity index (χ2v) is 8.43. The van der Waals surface area contributed by atoms with Crippen LogP contribution in [0.1, 0.15) is 67.2 Å². The summed E-state index contributed by atoms with van der Waals surface area (Å²) in [7, 11) is 0. The van der Waals surface area contributed by atoms with Crippen molar-refractivity contribution in [3.63, 3.8) is 0 Å². The van der Waals surface area contributed by atoms with Crippen molar-refractivity contribution >= 4 is 5.78 Å². The Bertz CT molecular complexity index is 347. The van der Waals surface area contributed by atoms with Gasteiger partial charge in [-0.25, -0.2) is 0 Å². The molecule has 2 rings (SSSR count). The molecule has 2 aliphatic rings. The Morgan fingerprint density at radius 2 is 1.28 bits per heavy atom. The summed E-state index contributed by atoms with van der Waals surface area (Å²) in [6, 6.07) is 0. The van der Waals surface area contributed by atoms with E-state index in [0.29, 0.717) is 18.6 Å². The Balaban J connectivity index is 2.32. The molecular formula is C15H28N2O. The van der Waals surface area contributed by atoms with Gasteiger partial charge in [-0.3, -0.25) is 4.79 Å². The number of nitrogens with one attached hydrogen (secondary N) is 2. The van der Waals surface area contributed by atoms with E-state index in [1.165, 1.54) is 0 Å². The highest BCUT2D eigenvalue weighted by Gasteiger charge is 2.51. The SMILES string of the molecule is CC1(C)CC2(CC(=O)CC(C)(C)N2)CC(C)(C)N1. The minimum Gasteiger partial charge on any atom is -0.307 e. The number of piperidine rings is 2. The van der Waals surface area contributed by atoms with Crippen LogP contribution in [0.25, 0.3) is 0 Å². The zero-order valence-electron chi connectivity index (χ0n) is 12.7. The molecule has 2 heterocycles. The van der Waals surface area contributed by atoms with E-state index in [1.54, 1.807) is 0 Å². The van der Waals surface area contributed by atoms with E-state index in [4.69, 9.17) is 0 Å². The van der Waals surface area contributed by atoms with Crippen LogP contribution < -0.4 is 10.6 Å². The van der Waals surface area contributed by atoms with Crippen molar-refractivity contribution in [3.05, 3.63) is 0 Å². The number of Topliss-reactive ketones (excluding diaryl/α,β-unsaturated/α-hetero) is 1. The number of hydrogen-bond donors (Lipinski definition) is 2. The minimum atomic E-state index is -0.0706. The van der Waals surface area contributed by atoms with Crippen LogP contribution in [0, 0.1) is 0 Å². The molecule has 0 atom stereocenters. The Labute approximate surface area is 111 Å². The molecular weight excluding hydrogens is 224 g/mol. The first-order valence-corrected chi connectivity index (χ1v) is 7.03. The molecule has 0 bridgehead atoms. The van der Waals surface area contributed by atoms with Crippen molar-refractivity contribution in [2.75, 3.05) is 0 Å². The van der Waals surface area contributed by atoms with E-state index in [1.807, 2.05) is 0 Å². The lowest BCUT2D eigenvalue weighted by atomic mass is 9.65. The molecule has 3 nitrogen and oxygen atoms in total. The van der Waals surface area contributed by atoms with E-state index < -0.39 is 0 Å². The highest BCUT2D eigenvalue weighted by molar-refractivity contribution is 5.82. The first kappa shape index (κ1) is 14.0. The second kappa shape index (κ2) is 3.80. The van der Waals surface area contributed by atoms with Gasteiger partial charge in [0.15, 0.2) is 0 Å². The van der Waals surface area contributed by atoms with Crippen molar-refractivity contribution in [1.82, 2.24) is 10.6 Å². The topological polar surface area (TPSA) is 41.1 Å². The first-order chi connectivity index (χ1) is 7.93. The summed E-state index contributed by atoms with van der Waals surface area (Å²) in [4.78, 5) is 12.1. The number of carbonyl (C=O) groups is 1. The van der Waals surface area contributed by atoms with Crippen LogP contribution in [0.15, 0.2) is 0 Å². The molecule has 18 heavy (non-hydrogen) atoms. The zero-order chi connectivity index (χ0) is 13.8. The molecule has 0 unspecified atom stereocenters. The van der Waals surface area contributed by atoms with Crippen molar-refractivity contribution < 1.29 is 4.79 Å². The molecule has 3 heteroatoms. The third-order valence-electron chi connectivity index (χ3n) is 4.02. The van der Waals surface area contributed by atoms with E-state index in [0.717, 1.165) is 12.8 Å². The summed E-state index contributed by atoms with van der Waals surface area (Å²) in [6.45, 7) is 13.3. The van der Waals surface area contributed by atoms with Gasteiger partial charge in [0, 0.05) is 35.0 Å². The average Bonchev–Trinajstić information content (AvgIpc) is 1.87. The van der Waals surface area contributed by atoms with Gasteiger partial charge in [-0.05, 0) is 54.4 Å². The third-order valence-corrected chi connectivity index (χ3v) is 4.02. The lowest BCUT2D eigenvalue weighted by Gasteiger charge is -2.57.